The summed E-state index contributed by atoms with van der Waals surface area (Å²) < 4.78 is 4.66. The fourth-order valence-electron chi connectivity index (χ4n) is 2.33. The van der Waals surface area contributed by atoms with Crippen LogP contribution in [-0.4, -0.2) is 46.4 Å². The van der Waals surface area contributed by atoms with Crippen LogP contribution >= 0.6 is 0 Å². The molecule has 1 unspecified atom stereocenters. The Bertz CT molecular complexity index is 604. The Kier molecular flexibility index (Phi) is 4.02. The molecular formula is C12H15N3O5. The minimum Gasteiger partial charge on any atom is -0.467 e. The number of amides is 1. The van der Waals surface area contributed by atoms with Gasteiger partial charge in [-0.1, -0.05) is 0 Å². The van der Waals surface area contributed by atoms with E-state index in [2.05, 4.69) is 9.72 Å². The van der Waals surface area contributed by atoms with Crippen molar-refractivity contribution in [3.8, 4) is 0 Å². The van der Waals surface area contributed by atoms with Gasteiger partial charge < -0.3 is 14.6 Å². The number of carbonyl (C=O) groups is 2. The molecule has 8 heteroatoms. The molecule has 2 rings (SSSR count). The third-order valence-corrected chi connectivity index (χ3v) is 3.20. The van der Waals surface area contributed by atoms with Crippen LogP contribution in [0.4, 0.5) is 0 Å². The number of esters is 1. The van der Waals surface area contributed by atoms with Gasteiger partial charge in [-0.25, -0.2) is 9.59 Å². The number of aromatic amines is 2. The van der Waals surface area contributed by atoms with Gasteiger partial charge in [-0.15, -0.1) is 0 Å². The molecule has 0 aromatic carbocycles. The lowest BCUT2D eigenvalue weighted by Crippen LogP contribution is -2.42. The van der Waals surface area contributed by atoms with E-state index in [1.54, 1.807) is 0 Å². The zero-order valence-electron chi connectivity index (χ0n) is 11.0. The molecule has 1 aromatic rings. The zero-order chi connectivity index (χ0) is 14.7. The number of aromatic nitrogens is 2. The van der Waals surface area contributed by atoms with E-state index in [1.165, 1.54) is 12.0 Å². The standard InChI is InChI=1S/C12H15N3O5/c1-20-11(18)8-3-2-4-15(8)10(17)6-7-5-9(16)14-12(19)13-7/h5,8H,2-4,6H2,1H3,(H2,13,14,16,19). The summed E-state index contributed by atoms with van der Waals surface area (Å²) >= 11 is 0. The van der Waals surface area contributed by atoms with Gasteiger partial charge in [0, 0.05) is 18.3 Å². The van der Waals surface area contributed by atoms with Gasteiger partial charge in [-0.3, -0.25) is 14.6 Å². The fourth-order valence-corrected chi connectivity index (χ4v) is 2.33. The number of H-pyrrole nitrogens is 2. The smallest absolute Gasteiger partial charge is 0.328 e. The number of nitrogens with zero attached hydrogens (tertiary/aromatic N) is 1. The Morgan fingerprint density at radius 2 is 2.15 bits per heavy atom. The molecule has 1 aromatic heterocycles. The van der Waals surface area contributed by atoms with Crippen molar-refractivity contribution in [1.82, 2.24) is 14.9 Å². The molecule has 108 valence electrons. The first-order chi connectivity index (χ1) is 9.51. The van der Waals surface area contributed by atoms with Crippen molar-refractivity contribution in [3.63, 3.8) is 0 Å². The quantitative estimate of drug-likeness (QED) is 0.674. The highest BCUT2D eigenvalue weighted by atomic mass is 16.5. The van der Waals surface area contributed by atoms with E-state index < -0.39 is 23.3 Å². The zero-order valence-corrected chi connectivity index (χ0v) is 11.0. The molecule has 20 heavy (non-hydrogen) atoms. The van der Waals surface area contributed by atoms with Crippen molar-refractivity contribution in [3.05, 3.63) is 32.6 Å². The lowest BCUT2D eigenvalue weighted by atomic mass is 10.2. The Morgan fingerprint density at radius 3 is 2.80 bits per heavy atom. The van der Waals surface area contributed by atoms with Crippen LogP contribution in [0.15, 0.2) is 15.7 Å². The summed E-state index contributed by atoms with van der Waals surface area (Å²) in [5.41, 5.74) is -1.01. The van der Waals surface area contributed by atoms with Gasteiger partial charge >= 0.3 is 11.7 Å². The van der Waals surface area contributed by atoms with Crippen LogP contribution < -0.4 is 11.2 Å². The second-order valence-electron chi connectivity index (χ2n) is 4.56. The molecule has 1 fully saturated rings. The second-order valence-corrected chi connectivity index (χ2v) is 4.56. The maximum atomic E-state index is 12.2. The van der Waals surface area contributed by atoms with Crippen LogP contribution in [0.25, 0.3) is 0 Å². The summed E-state index contributed by atoms with van der Waals surface area (Å²) in [6.45, 7) is 0.464. The predicted molar refractivity (Wildman–Crippen MR) is 68.1 cm³/mol. The first-order valence-electron chi connectivity index (χ1n) is 6.21. The van der Waals surface area contributed by atoms with Gasteiger partial charge in [0.15, 0.2) is 0 Å². The fraction of sp³-hybridized carbons (Fsp3) is 0.500. The number of hydrogen-bond acceptors (Lipinski definition) is 5. The average Bonchev–Trinajstić information content (AvgIpc) is 2.85. The highest BCUT2D eigenvalue weighted by Gasteiger charge is 2.34. The first-order valence-corrected chi connectivity index (χ1v) is 6.21. The molecule has 0 spiro atoms. The molecule has 1 atom stereocenters. The van der Waals surface area contributed by atoms with Crippen molar-refractivity contribution in [2.24, 2.45) is 0 Å². The van der Waals surface area contributed by atoms with Crippen molar-refractivity contribution in [2.75, 3.05) is 13.7 Å². The molecule has 8 nitrogen and oxygen atoms in total. The van der Waals surface area contributed by atoms with Crippen molar-refractivity contribution in [1.29, 1.82) is 0 Å². The lowest BCUT2D eigenvalue weighted by molar-refractivity contribution is -0.150. The van der Waals surface area contributed by atoms with Crippen molar-refractivity contribution in [2.45, 2.75) is 25.3 Å². The van der Waals surface area contributed by atoms with E-state index in [1.807, 2.05) is 4.98 Å². The Morgan fingerprint density at radius 1 is 1.40 bits per heavy atom. The van der Waals surface area contributed by atoms with E-state index in [0.717, 1.165) is 12.5 Å². The van der Waals surface area contributed by atoms with Gasteiger partial charge in [-0.05, 0) is 12.8 Å². The summed E-state index contributed by atoms with van der Waals surface area (Å²) in [6.07, 6.45) is 1.15. The molecule has 1 saturated heterocycles. The van der Waals surface area contributed by atoms with Gasteiger partial charge in [-0.2, -0.15) is 0 Å². The summed E-state index contributed by atoms with van der Waals surface area (Å²) in [5.74, 6) is -0.769. The van der Waals surface area contributed by atoms with Crippen LogP contribution in [0.5, 0.6) is 0 Å². The average molecular weight is 281 g/mol. The SMILES string of the molecule is COC(=O)C1CCCN1C(=O)Cc1cc(=O)[nH]c(=O)[nH]1. The minimum atomic E-state index is -0.661. The number of carbonyl (C=O) groups excluding carboxylic acids is 2. The summed E-state index contributed by atoms with van der Waals surface area (Å²) in [4.78, 5) is 51.8. The number of likely N-dealkylation sites (tertiary alicyclic amines) is 1. The molecule has 2 heterocycles. The highest BCUT2D eigenvalue weighted by molar-refractivity contribution is 5.86. The van der Waals surface area contributed by atoms with Gasteiger partial charge in [0.2, 0.25) is 5.91 Å². The molecule has 0 aliphatic carbocycles. The topological polar surface area (TPSA) is 112 Å². The Labute approximate surface area is 113 Å². The molecule has 2 N–H and O–H groups in total. The molecule has 1 amide bonds. The Hall–Kier alpha value is -2.38. The normalized spacial score (nSPS) is 18.1. The molecule has 0 saturated carbocycles. The molecule has 0 bridgehead atoms. The third-order valence-electron chi connectivity index (χ3n) is 3.20. The molecule has 1 aliphatic rings. The third kappa shape index (κ3) is 2.95. The number of ether oxygens (including phenoxy) is 1. The highest BCUT2D eigenvalue weighted by Crippen LogP contribution is 2.19. The molecular weight excluding hydrogens is 266 g/mol. The monoisotopic (exact) mass is 281 g/mol. The Balaban J connectivity index is 2.13. The van der Waals surface area contributed by atoms with E-state index in [9.17, 15) is 19.2 Å². The number of nitrogens with one attached hydrogen (secondary N) is 2. The van der Waals surface area contributed by atoms with Crippen molar-refractivity contribution >= 4 is 11.9 Å². The van der Waals surface area contributed by atoms with Crippen LogP contribution in [0, 0.1) is 0 Å². The number of hydrogen-bond donors (Lipinski definition) is 2. The maximum Gasteiger partial charge on any atom is 0.328 e. The van der Waals surface area contributed by atoms with Gasteiger partial charge in [0.1, 0.15) is 6.04 Å². The van der Waals surface area contributed by atoms with Gasteiger partial charge in [0.05, 0.1) is 13.5 Å². The van der Waals surface area contributed by atoms with Crippen molar-refractivity contribution < 1.29 is 14.3 Å². The summed E-state index contributed by atoms with van der Waals surface area (Å²) in [6, 6.07) is 0.573. The van der Waals surface area contributed by atoms with E-state index >= 15 is 0 Å². The van der Waals surface area contributed by atoms with E-state index in [4.69, 9.17) is 0 Å². The largest absolute Gasteiger partial charge is 0.467 e. The van der Waals surface area contributed by atoms with Crippen LogP contribution in [0.2, 0.25) is 0 Å². The van der Waals surface area contributed by atoms with Crippen LogP contribution in [-0.2, 0) is 20.7 Å². The molecule has 0 radical (unpaired) electrons. The second kappa shape index (κ2) is 5.72. The lowest BCUT2D eigenvalue weighted by Gasteiger charge is -2.22. The number of methoxy groups -OCH3 is 1. The molecule has 1 aliphatic heterocycles. The maximum absolute atomic E-state index is 12.2. The summed E-state index contributed by atoms with van der Waals surface area (Å²) in [5, 5.41) is 0. The van der Waals surface area contributed by atoms with E-state index in [0.29, 0.717) is 13.0 Å². The van der Waals surface area contributed by atoms with Crippen LogP contribution in [0.1, 0.15) is 18.5 Å². The van der Waals surface area contributed by atoms with E-state index in [-0.39, 0.29) is 18.0 Å². The minimum absolute atomic E-state index is 0.132. The summed E-state index contributed by atoms with van der Waals surface area (Å²) in [7, 11) is 1.28. The van der Waals surface area contributed by atoms with Crippen LogP contribution in [0.3, 0.4) is 0 Å². The first kappa shape index (κ1) is 14.0. The number of rotatable bonds is 3. The predicted octanol–water partition coefficient (Wildman–Crippen LogP) is -1.23. The van der Waals surface area contributed by atoms with Gasteiger partial charge in [0.25, 0.3) is 5.56 Å².